The molecule has 0 radical (unpaired) electrons. The van der Waals surface area contributed by atoms with Crippen LogP contribution in [0.4, 0.5) is 0 Å². The third kappa shape index (κ3) is 3.28. The topological polar surface area (TPSA) is 64.4 Å². The summed E-state index contributed by atoms with van der Waals surface area (Å²) in [5.74, 6) is -0.609. The van der Waals surface area contributed by atoms with E-state index in [2.05, 4.69) is 9.84 Å². The molecule has 7 heteroatoms. The van der Waals surface area contributed by atoms with Crippen molar-refractivity contribution in [1.82, 2.24) is 14.7 Å². The molecule has 6 nitrogen and oxygen atoms in total. The van der Waals surface area contributed by atoms with Crippen molar-refractivity contribution in [3.8, 4) is 0 Å². The summed E-state index contributed by atoms with van der Waals surface area (Å²) in [6.07, 6.45) is 1.54. The predicted octanol–water partition coefficient (Wildman–Crippen LogP) is 2.13. The van der Waals surface area contributed by atoms with E-state index in [0.29, 0.717) is 22.7 Å². The molecule has 0 saturated heterocycles. The number of aryl methyl sites for hydroxylation is 1. The van der Waals surface area contributed by atoms with Gasteiger partial charge < -0.3 is 9.64 Å². The summed E-state index contributed by atoms with van der Waals surface area (Å²) in [6, 6.07) is 6.31. The van der Waals surface area contributed by atoms with E-state index in [0.717, 1.165) is 5.69 Å². The number of amides is 1. The van der Waals surface area contributed by atoms with Crippen molar-refractivity contribution in [2.75, 3.05) is 14.2 Å². The van der Waals surface area contributed by atoms with Gasteiger partial charge in [0.05, 0.1) is 36.1 Å². The van der Waals surface area contributed by atoms with Gasteiger partial charge in [-0.2, -0.15) is 5.10 Å². The van der Waals surface area contributed by atoms with Crippen molar-refractivity contribution in [2.45, 2.75) is 6.54 Å². The minimum absolute atomic E-state index is 0.173. The Morgan fingerprint density at radius 3 is 2.36 bits per heavy atom. The summed E-state index contributed by atoms with van der Waals surface area (Å²) < 4.78 is 6.25. The number of hydrogen-bond acceptors (Lipinski definition) is 4. The summed E-state index contributed by atoms with van der Waals surface area (Å²) >= 11 is 6.04. The maximum Gasteiger partial charge on any atom is 0.337 e. The Kier molecular flexibility index (Phi) is 4.82. The molecule has 0 unspecified atom stereocenters. The zero-order chi connectivity index (χ0) is 16.3. The van der Waals surface area contributed by atoms with Crippen LogP contribution in [0.25, 0.3) is 0 Å². The van der Waals surface area contributed by atoms with Gasteiger partial charge in [-0.3, -0.25) is 9.48 Å². The van der Waals surface area contributed by atoms with Crippen LogP contribution in [0.3, 0.4) is 0 Å². The summed E-state index contributed by atoms with van der Waals surface area (Å²) in [6.45, 7) is 0.340. The number of carbonyl (C=O) groups excluding carboxylic acids is 2. The molecular weight excluding hydrogens is 306 g/mol. The number of esters is 1. The van der Waals surface area contributed by atoms with E-state index in [1.807, 2.05) is 0 Å². The van der Waals surface area contributed by atoms with Gasteiger partial charge in [-0.15, -0.1) is 0 Å². The summed E-state index contributed by atoms with van der Waals surface area (Å²) in [5, 5.41) is 4.55. The van der Waals surface area contributed by atoms with Gasteiger partial charge in [-0.05, 0) is 24.3 Å². The lowest BCUT2D eigenvalue weighted by Gasteiger charge is -2.17. The normalized spacial score (nSPS) is 10.4. The molecule has 1 heterocycles. The molecule has 2 rings (SSSR count). The van der Waals surface area contributed by atoms with Crippen molar-refractivity contribution in [1.29, 1.82) is 0 Å². The lowest BCUT2D eigenvalue weighted by atomic mass is 10.1. The molecule has 0 bridgehead atoms. The van der Waals surface area contributed by atoms with Crippen molar-refractivity contribution >= 4 is 23.5 Å². The number of nitrogens with zero attached hydrogens (tertiary/aromatic N) is 3. The second kappa shape index (κ2) is 6.62. The Morgan fingerprint density at radius 1 is 1.27 bits per heavy atom. The van der Waals surface area contributed by atoms with Crippen LogP contribution >= 0.6 is 11.6 Å². The lowest BCUT2D eigenvalue weighted by Crippen LogP contribution is -2.27. The number of benzene rings is 1. The molecule has 0 aliphatic rings. The first-order valence-electron chi connectivity index (χ1n) is 6.54. The SMILES string of the molecule is COC(=O)c1ccc(C(=O)N(C)Cc2c(Cl)cnn2C)cc1. The van der Waals surface area contributed by atoms with E-state index in [1.165, 1.54) is 12.0 Å². The van der Waals surface area contributed by atoms with Crippen LogP contribution < -0.4 is 0 Å². The second-order valence-corrected chi connectivity index (χ2v) is 5.20. The lowest BCUT2D eigenvalue weighted by molar-refractivity contribution is 0.0600. The molecule has 0 aliphatic heterocycles. The Balaban J connectivity index is 2.12. The maximum atomic E-state index is 12.4. The van der Waals surface area contributed by atoms with Gasteiger partial charge >= 0.3 is 5.97 Å². The Morgan fingerprint density at radius 2 is 1.86 bits per heavy atom. The minimum atomic E-state index is -0.436. The van der Waals surface area contributed by atoms with Crippen LogP contribution in [0.5, 0.6) is 0 Å². The number of aromatic nitrogens is 2. The van der Waals surface area contributed by atoms with Crippen molar-refractivity contribution in [2.24, 2.45) is 7.05 Å². The van der Waals surface area contributed by atoms with Crippen LogP contribution in [0.15, 0.2) is 30.5 Å². The van der Waals surface area contributed by atoms with Crippen LogP contribution in [0, 0.1) is 0 Å². The van der Waals surface area contributed by atoms with E-state index in [1.54, 1.807) is 49.2 Å². The van der Waals surface area contributed by atoms with E-state index in [9.17, 15) is 9.59 Å². The molecule has 1 aromatic heterocycles. The largest absolute Gasteiger partial charge is 0.465 e. The van der Waals surface area contributed by atoms with E-state index < -0.39 is 5.97 Å². The van der Waals surface area contributed by atoms with Crippen molar-refractivity contribution in [3.05, 3.63) is 52.3 Å². The first-order chi connectivity index (χ1) is 10.4. The highest BCUT2D eigenvalue weighted by Gasteiger charge is 2.16. The van der Waals surface area contributed by atoms with Crippen LogP contribution in [-0.2, 0) is 18.3 Å². The molecule has 22 heavy (non-hydrogen) atoms. The van der Waals surface area contributed by atoms with Gasteiger partial charge in [0.1, 0.15) is 0 Å². The first kappa shape index (κ1) is 16.0. The quantitative estimate of drug-likeness (QED) is 0.809. The van der Waals surface area contributed by atoms with Gasteiger partial charge in [-0.25, -0.2) is 4.79 Å². The second-order valence-electron chi connectivity index (χ2n) is 4.79. The van der Waals surface area contributed by atoms with Crippen LogP contribution in [0.2, 0.25) is 5.02 Å². The van der Waals surface area contributed by atoms with Gasteiger partial charge in [0.2, 0.25) is 0 Å². The molecule has 0 N–H and O–H groups in total. The van der Waals surface area contributed by atoms with Crippen LogP contribution in [0.1, 0.15) is 26.4 Å². The fourth-order valence-electron chi connectivity index (χ4n) is 2.00. The summed E-state index contributed by atoms with van der Waals surface area (Å²) in [5.41, 5.74) is 1.63. The number of hydrogen-bond donors (Lipinski definition) is 0. The molecular formula is C15H16ClN3O3. The maximum absolute atomic E-state index is 12.4. The zero-order valence-electron chi connectivity index (χ0n) is 12.5. The molecule has 0 atom stereocenters. The number of carbonyl (C=O) groups is 2. The number of ether oxygens (including phenoxy) is 1. The fraction of sp³-hybridized carbons (Fsp3) is 0.267. The number of rotatable bonds is 4. The molecule has 1 aromatic carbocycles. The molecule has 0 fully saturated rings. The fourth-order valence-corrected chi connectivity index (χ4v) is 2.22. The number of halogens is 1. The molecule has 0 saturated carbocycles. The zero-order valence-corrected chi connectivity index (χ0v) is 13.3. The average molecular weight is 322 g/mol. The first-order valence-corrected chi connectivity index (χ1v) is 6.92. The highest BCUT2D eigenvalue weighted by Crippen LogP contribution is 2.17. The Hall–Kier alpha value is -2.34. The van der Waals surface area contributed by atoms with Crippen LogP contribution in [-0.4, -0.2) is 40.7 Å². The molecule has 116 valence electrons. The minimum Gasteiger partial charge on any atom is -0.465 e. The highest BCUT2D eigenvalue weighted by atomic mass is 35.5. The third-order valence-electron chi connectivity index (χ3n) is 3.30. The molecule has 2 aromatic rings. The van der Waals surface area contributed by atoms with E-state index in [4.69, 9.17) is 11.6 Å². The predicted molar refractivity (Wildman–Crippen MR) is 81.8 cm³/mol. The Bertz CT molecular complexity index is 675. The smallest absolute Gasteiger partial charge is 0.337 e. The van der Waals surface area contributed by atoms with E-state index >= 15 is 0 Å². The Labute approximate surface area is 133 Å². The van der Waals surface area contributed by atoms with Gasteiger partial charge in [0.15, 0.2) is 0 Å². The third-order valence-corrected chi connectivity index (χ3v) is 3.61. The standard InChI is InChI=1S/C15H16ClN3O3/c1-18(9-13-12(16)8-17-19(13)2)14(20)10-4-6-11(7-5-10)15(21)22-3/h4-8H,9H2,1-3H3. The highest BCUT2D eigenvalue weighted by molar-refractivity contribution is 6.31. The van der Waals surface area contributed by atoms with Gasteiger partial charge in [0.25, 0.3) is 5.91 Å². The molecule has 0 spiro atoms. The monoisotopic (exact) mass is 321 g/mol. The summed E-state index contributed by atoms with van der Waals surface area (Å²) in [4.78, 5) is 25.3. The van der Waals surface area contributed by atoms with Crippen molar-refractivity contribution < 1.29 is 14.3 Å². The van der Waals surface area contributed by atoms with Crippen molar-refractivity contribution in [3.63, 3.8) is 0 Å². The van der Waals surface area contributed by atoms with E-state index in [-0.39, 0.29) is 5.91 Å². The molecule has 0 aliphatic carbocycles. The average Bonchev–Trinajstić information content (AvgIpc) is 2.85. The summed E-state index contributed by atoms with van der Waals surface area (Å²) in [7, 11) is 4.76. The molecule has 1 amide bonds. The van der Waals surface area contributed by atoms with Gasteiger partial charge in [-0.1, -0.05) is 11.6 Å². The van der Waals surface area contributed by atoms with Gasteiger partial charge in [0, 0.05) is 19.7 Å². The number of methoxy groups -OCH3 is 1.